The van der Waals surface area contributed by atoms with Gasteiger partial charge in [-0.3, -0.25) is 4.79 Å². The lowest BCUT2D eigenvalue weighted by molar-refractivity contribution is -0.140. The van der Waals surface area contributed by atoms with Gasteiger partial charge in [0.1, 0.15) is 11.8 Å². The van der Waals surface area contributed by atoms with Crippen LogP contribution >= 0.6 is 0 Å². The van der Waals surface area contributed by atoms with Crippen molar-refractivity contribution < 1.29 is 9.53 Å². The molecule has 0 spiro atoms. The van der Waals surface area contributed by atoms with Crippen LogP contribution in [0.5, 0.6) is 5.75 Å². The number of ether oxygens (including phenoxy) is 1. The predicted molar refractivity (Wildman–Crippen MR) is 86.9 cm³/mol. The van der Waals surface area contributed by atoms with Gasteiger partial charge in [-0.05, 0) is 68.4 Å². The zero-order valence-electron chi connectivity index (χ0n) is 13.5. The summed E-state index contributed by atoms with van der Waals surface area (Å²) in [5.74, 6) is 2.94. The molecule has 0 heterocycles. The van der Waals surface area contributed by atoms with Gasteiger partial charge < -0.3 is 10.1 Å². The average Bonchev–Trinajstić information content (AvgIpc) is 2.53. The van der Waals surface area contributed by atoms with Gasteiger partial charge in [-0.25, -0.2) is 0 Å². The summed E-state index contributed by atoms with van der Waals surface area (Å²) in [4.78, 5) is 13.0. The highest BCUT2D eigenvalue weighted by molar-refractivity contribution is 5.96. The number of nitriles is 1. The Labute approximate surface area is 136 Å². The fourth-order valence-corrected chi connectivity index (χ4v) is 5.51. The molecule has 4 aliphatic rings. The number of carbonyl (C=O) groups excluding carboxylic acids is 1. The number of nitrogens with one attached hydrogen (secondary N) is 1. The summed E-state index contributed by atoms with van der Waals surface area (Å²) in [6.45, 7) is 0. The van der Waals surface area contributed by atoms with Gasteiger partial charge in [0.15, 0.2) is 0 Å². The van der Waals surface area contributed by atoms with Crippen LogP contribution in [0.2, 0.25) is 0 Å². The minimum atomic E-state index is -0.157. The van der Waals surface area contributed by atoms with Crippen molar-refractivity contribution in [2.75, 3.05) is 12.4 Å². The van der Waals surface area contributed by atoms with Gasteiger partial charge in [0.25, 0.3) is 0 Å². The van der Waals surface area contributed by atoms with Crippen molar-refractivity contribution >= 4 is 11.6 Å². The highest BCUT2D eigenvalue weighted by Crippen LogP contribution is 2.60. The van der Waals surface area contributed by atoms with Crippen molar-refractivity contribution in [1.29, 1.82) is 5.26 Å². The third kappa shape index (κ3) is 2.39. The number of amides is 1. The van der Waals surface area contributed by atoms with E-state index in [4.69, 9.17) is 10.00 Å². The van der Waals surface area contributed by atoms with Crippen molar-refractivity contribution in [2.24, 2.45) is 23.2 Å². The van der Waals surface area contributed by atoms with Crippen molar-refractivity contribution in [1.82, 2.24) is 0 Å². The van der Waals surface area contributed by atoms with Crippen LogP contribution < -0.4 is 10.1 Å². The van der Waals surface area contributed by atoms with Crippen LogP contribution in [0.4, 0.5) is 5.69 Å². The van der Waals surface area contributed by atoms with E-state index in [1.165, 1.54) is 19.3 Å². The molecule has 0 aromatic heterocycles. The molecular formula is C19H22N2O2. The summed E-state index contributed by atoms with van der Waals surface area (Å²) >= 11 is 0. The SMILES string of the molecule is COc1cc(NC(=O)C23CC4CC(CC(C4)C2)C3)ccc1C#N. The number of methoxy groups -OCH3 is 1. The van der Waals surface area contributed by atoms with Gasteiger partial charge in [-0.2, -0.15) is 5.26 Å². The number of anilines is 1. The Kier molecular flexibility index (Phi) is 3.33. The molecule has 5 rings (SSSR count). The van der Waals surface area contributed by atoms with Gasteiger partial charge in [-0.1, -0.05) is 0 Å². The first-order valence-electron chi connectivity index (χ1n) is 8.51. The first kappa shape index (κ1) is 14.6. The summed E-state index contributed by atoms with van der Waals surface area (Å²) in [6, 6.07) is 7.34. The lowest BCUT2D eigenvalue weighted by Gasteiger charge is -2.55. The van der Waals surface area contributed by atoms with E-state index < -0.39 is 0 Å². The van der Waals surface area contributed by atoms with E-state index in [-0.39, 0.29) is 11.3 Å². The standard InChI is InChI=1S/C19H22N2O2/c1-23-17-7-16(3-2-15(17)11-20)21-18(22)19-8-12-4-13(9-19)6-14(5-12)10-19/h2-3,7,12-14H,4-6,8-10H2,1H3,(H,21,22). The minimum absolute atomic E-state index is 0.157. The van der Waals surface area contributed by atoms with E-state index in [1.54, 1.807) is 25.3 Å². The molecule has 4 heteroatoms. The first-order chi connectivity index (χ1) is 11.1. The van der Waals surface area contributed by atoms with E-state index in [9.17, 15) is 4.79 Å². The molecule has 1 aromatic carbocycles. The molecule has 0 aliphatic heterocycles. The third-order valence-electron chi connectivity index (χ3n) is 6.10. The number of rotatable bonds is 3. The molecule has 4 nitrogen and oxygen atoms in total. The highest BCUT2D eigenvalue weighted by Gasteiger charge is 2.54. The molecule has 0 atom stereocenters. The first-order valence-corrected chi connectivity index (χ1v) is 8.51. The van der Waals surface area contributed by atoms with Gasteiger partial charge in [0, 0.05) is 11.8 Å². The fraction of sp³-hybridized carbons (Fsp3) is 0.579. The van der Waals surface area contributed by atoms with E-state index >= 15 is 0 Å². The molecule has 1 amide bonds. The summed E-state index contributed by atoms with van der Waals surface area (Å²) in [5.41, 5.74) is 1.05. The number of hydrogen-bond donors (Lipinski definition) is 1. The lowest BCUT2D eigenvalue weighted by Crippen LogP contribution is -2.51. The van der Waals surface area contributed by atoms with Crippen LogP contribution in [0.25, 0.3) is 0 Å². The van der Waals surface area contributed by atoms with Crippen LogP contribution in [0.15, 0.2) is 18.2 Å². The Bertz CT molecular complexity index is 654. The summed E-state index contributed by atoms with van der Waals surface area (Å²) in [5, 5.41) is 12.2. The van der Waals surface area contributed by atoms with Crippen LogP contribution in [-0.2, 0) is 4.79 Å². The molecule has 120 valence electrons. The monoisotopic (exact) mass is 310 g/mol. The van der Waals surface area contributed by atoms with E-state index in [0.29, 0.717) is 11.3 Å². The van der Waals surface area contributed by atoms with Crippen LogP contribution in [-0.4, -0.2) is 13.0 Å². The summed E-state index contributed by atoms with van der Waals surface area (Å²) < 4.78 is 5.23. The molecule has 4 bridgehead atoms. The van der Waals surface area contributed by atoms with Gasteiger partial charge in [0.05, 0.1) is 18.1 Å². The molecule has 23 heavy (non-hydrogen) atoms. The Hall–Kier alpha value is -2.02. The maximum absolute atomic E-state index is 13.0. The summed E-state index contributed by atoms with van der Waals surface area (Å²) in [6.07, 6.45) is 7.15. The number of benzene rings is 1. The number of nitrogens with zero attached hydrogens (tertiary/aromatic N) is 1. The molecule has 1 N–H and O–H groups in total. The van der Waals surface area contributed by atoms with E-state index in [2.05, 4.69) is 11.4 Å². The maximum atomic E-state index is 13.0. The largest absolute Gasteiger partial charge is 0.495 e. The Balaban J connectivity index is 1.55. The van der Waals surface area contributed by atoms with Crippen molar-refractivity contribution in [3.63, 3.8) is 0 Å². The zero-order chi connectivity index (χ0) is 16.0. The molecule has 4 fully saturated rings. The van der Waals surface area contributed by atoms with E-state index in [1.807, 2.05) is 0 Å². The number of carbonyl (C=O) groups is 1. The molecule has 4 aliphatic carbocycles. The van der Waals surface area contributed by atoms with Crippen molar-refractivity contribution in [3.05, 3.63) is 23.8 Å². The maximum Gasteiger partial charge on any atom is 0.230 e. The molecule has 1 aromatic rings. The normalized spacial score (nSPS) is 34.0. The molecule has 0 saturated heterocycles. The Morgan fingerprint density at radius 1 is 1.22 bits per heavy atom. The van der Waals surface area contributed by atoms with Crippen LogP contribution in [0, 0.1) is 34.5 Å². The van der Waals surface area contributed by atoms with E-state index in [0.717, 1.165) is 42.7 Å². The zero-order valence-corrected chi connectivity index (χ0v) is 13.5. The smallest absolute Gasteiger partial charge is 0.230 e. The second-order valence-corrected chi connectivity index (χ2v) is 7.68. The molecule has 0 radical (unpaired) electrons. The van der Waals surface area contributed by atoms with Crippen LogP contribution in [0.3, 0.4) is 0 Å². The number of hydrogen-bond acceptors (Lipinski definition) is 3. The quantitative estimate of drug-likeness (QED) is 0.925. The van der Waals surface area contributed by atoms with Crippen molar-refractivity contribution in [3.8, 4) is 11.8 Å². The minimum Gasteiger partial charge on any atom is -0.495 e. The molecule has 0 unspecified atom stereocenters. The van der Waals surface area contributed by atoms with Gasteiger partial charge >= 0.3 is 0 Å². The second kappa shape index (κ2) is 5.26. The molecule has 4 saturated carbocycles. The Morgan fingerprint density at radius 2 is 1.83 bits per heavy atom. The Morgan fingerprint density at radius 3 is 2.35 bits per heavy atom. The average molecular weight is 310 g/mol. The summed E-state index contributed by atoms with van der Waals surface area (Å²) in [7, 11) is 1.54. The van der Waals surface area contributed by atoms with Gasteiger partial charge in [0.2, 0.25) is 5.91 Å². The van der Waals surface area contributed by atoms with Crippen LogP contribution in [0.1, 0.15) is 44.1 Å². The highest BCUT2D eigenvalue weighted by atomic mass is 16.5. The second-order valence-electron chi connectivity index (χ2n) is 7.68. The lowest BCUT2D eigenvalue weighted by atomic mass is 9.49. The fourth-order valence-electron chi connectivity index (χ4n) is 5.51. The third-order valence-corrected chi connectivity index (χ3v) is 6.10. The molecular weight excluding hydrogens is 288 g/mol. The predicted octanol–water partition coefficient (Wildman–Crippen LogP) is 3.72. The topological polar surface area (TPSA) is 62.1 Å². The van der Waals surface area contributed by atoms with Gasteiger partial charge in [-0.15, -0.1) is 0 Å². The van der Waals surface area contributed by atoms with Crippen molar-refractivity contribution in [2.45, 2.75) is 38.5 Å².